The average molecular weight is 480 g/mol. The number of hydrogen-bond acceptors (Lipinski definition) is 4. The van der Waals surface area contributed by atoms with Gasteiger partial charge in [-0.15, -0.1) is 0 Å². The summed E-state index contributed by atoms with van der Waals surface area (Å²) in [6, 6.07) is 19.3. The molecule has 0 unspecified atom stereocenters. The Morgan fingerprint density at radius 2 is 1.59 bits per heavy atom. The number of halogens is 1. The van der Waals surface area contributed by atoms with Gasteiger partial charge in [0.05, 0.1) is 18.5 Å². The van der Waals surface area contributed by atoms with Gasteiger partial charge in [-0.05, 0) is 49.2 Å². The highest BCUT2D eigenvalue weighted by atomic mass is 35.5. The molecule has 1 heterocycles. The summed E-state index contributed by atoms with van der Waals surface area (Å²) in [7, 11) is 1.52. The van der Waals surface area contributed by atoms with Crippen LogP contribution in [0.2, 0.25) is 5.02 Å². The maximum Gasteiger partial charge on any atom is 0.321 e. The van der Waals surface area contributed by atoms with Gasteiger partial charge in [0.1, 0.15) is 6.61 Å². The van der Waals surface area contributed by atoms with E-state index in [9.17, 15) is 9.59 Å². The standard InChI is InChI=1S/C26H26ClN3O4/c1-33-24-16-18(12-13-23(24)34-17-19-8-2-3-9-20(19)27)25(31)28-21-10-4-5-11-22(21)29-26(32)30-14-6-7-15-30/h2-5,8-13,16H,6-7,14-15,17H2,1H3,(H,28,31)(H,29,32). The fourth-order valence-corrected chi connectivity index (χ4v) is 3.90. The van der Waals surface area contributed by atoms with E-state index in [0.717, 1.165) is 31.5 Å². The number of methoxy groups -OCH3 is 1. The second kappa shape index (κ2) is 10.9. The molecule has 3 aromatic carbocycles. The van der Waals surface area contributed by atoms with E-state index in [0.29, 0.717) is 33.5 Å². The highest BCUT2D eigenvalue weighted by Crippen LogP contribution is 2.30. The second-order valence-electron chi connectivity index (χ2n) is 7.87. The largest absolute Gasteiger partial charge is 0.493 e. The molecule has 0 saturated carbocycles. The lowest BCUT2D eigenvalue weighted by molar-refractivity contribution is 0.102. The van der Waals surface area contributed by atoms with Crippen LogP contribution >= 0.6 is 11.6 Å². The zero-order valence-corrected chi connectivity index (χ0v) is 19.6. The summed E-state index contributed by atoms with van der Waals surface area (Å²) < 4.78 is 11.3. The predicted molar refractivity (Wildman–Crippen MR) is 133 cm³/mol. The number of nitrogens with one attached hydrogen (secondary N) is 2. The second-order valence-corrected chi connectivity index (χ2v) is 8.28. The van der Waals surface area contributed by atoms with Crippen molar-refractivity contribution in [1.29, 1.82) is 0 Å². The maximum absolute atomic E-state index is 13.0. The van der Waals surface area contributed by atoms with E-state index in [1.807, 2.05) is 24.3 Å². The molecule has 0 radical (unpaired) electrons. The van der Waals surface area contributed by atoms with E-state index < -0.39 is 0 Å². The topological polar surface area (TPSA) is 79.9 Å². The van der Waals surface area contributed by atoms with Gasteiger partial charge in [0.2, 0.25) is 0 Å². The maximum atomic E-state index is 13.0. The lowest BCUT2D eigenvalue weighted by Crippen LogP contribution is -2.32. The monoisotopic (exact) mass is 479 g/mol. The third-order valence-corrected chi connectivity index (χ3v) is 5.95. The Hall–Kier alpha value is -3.71. The van der Waals surface area contributed by atoms with Crippen molar-refractivity contribution in [2.75, 3.05) is 30.8 Å². The van der Waals surface area contributed by atoms with E-state index in [2.05, 4.69) is 10.6 Å². The first-order valence-electron chi connectivity index (χ1n) is 11.1. The van der Waals surface area contributed by atoms with Crippen molar-refractivity contribution >= 4 is 34.9 Å². The van der Waals surface area contributed by atoms with E-state index in [4.69, 9.17) is 21.1 Å². The first-order chi connectivity index (χ1) is 16.5. The van der Waals surface area contributed by atoms with Gasteiger partial charge in [0.25, 0.3) is 5.91 Å². The smallest absolute Gasteiger partial charge is 0.321 e. The zero-order chi connectivity index (χ0) is 23.9. The van der Waals surface area contributed by atoms with Crippen LogP contribution in [0.5, 0.6) is 11.5 Å². The number of ether oxygens (including phenoxy) is 2. The molecule has 0 atom stereocenters. The molecule has 1 aliphatic heterocycles. The van der Waals surface area contributed by atoms with Crippen LogP contribution in [-0.2, 0) is 6.61 Å². The van der Waals surface area contributed by atoms with E-state index >= 15 is 0 Å². The Balaban J connectivity index is 1.45. The van der Waals surface area contributed by atoms with Crippen LogP contribution in [0.25, 0.3) is 0 Å². The van der Waals surface area contributed by atoms with Crippen LogP contribution in [0.1, 0.15) is 28.8 Å². The average Bonchev–Trinajstić information content (AvgIpc) is 3.40. The molecule has 176 valence electrons. The van der Waals surface area contributed by atoms with Crippen LogP contribution < -0.4 is 20.1 Å². The number of nitrogens with zero attached hydrogens (tertiary/aromatic N) is 1. The number of hydrogen-bond donors (Lipinski definition) is 2. The number of para-hydroxylation sites is 2. The molecule has 0 spiro atoms. The molecule has 0 bridgehead atoms. The number of amides is 3. The molecule has 2 N–H and O–H groups in total. The van der Waals surface area contributed by atoms with Gasteiger partial charge in [0.15, 0.2) is 11.5 Å². The minimum Gasteiger partial charge on any atom is -0.493 e. The SMILES string of the molecule is COc1cc(C(=O)Nc2ccccc2NC(=O)N2CCCC2)ccc1OCc1ccccc1Cl. The zero-order valence-electron chi connectivity index (χ0n) is 18.8. The molecule has 1 fully saturated rings. The Morgan fingerprint density at radius 1 is 0.912 bits per heavy atom. The van der Waals surface area contributed by atoms with Gasteiger partial charge in [-0.2, -0.15) is 0 Å². The van der Waals surface area contributed by atoms with Gasteiger partial charge in [-0.3, -0.25) is 4.79 Å². The van der Waals surface area contributed by atoms with Gasteiger partial charge < -0.3 is 25.0 Å². The molecular weight excluding hydrogens is 454 g/mol. The lowest BCUT2D eigenvalue weighted by atomic mass is 10.1. The molecule has 3 aromatic rings. The van der Waals surface area contributed by atoms with Crippen molar-refractivity contribution in [3.8, 4) is 11.5 Å². The van der Waals surface area contributed by atoms with Crippen LogP contribution in [0.15, 0.2) is 66.7 Å². The number of carbonyl (C=O) groups is 2. The van der Waals surface area contributed by atoms with E-state index in [1.54, 1.807) is 47.4 Å². The van der Waals surface area contributed by atoms with E-state index in [1.165, 1.54) is 7.11 Å². The van der Waals surface area contributed by atoms with Crippen molar-refractivity contribution in [3.05, 3.63) is 82.9 Å². The Bertz CT molecular complexity index is 1180. The molecule has 0 aliphatic carbocycles. The van der Waals surface area contributed by atoms with Gasteiger partial charge in [-0.1, -0.05) is 41.9 Å². The third-order valence-electron chi connectivity index (χ3n) is 5.58. The minimum atomic E-state index is -0.334. The summed E-state index contributed by atoms with van der Waals surface area (Å²) >= 11 is 6.20. The normalized spacial score (nSPS) is 12.8. The van der Waals surface area contributed by atoms with Crippen LogP contribution in [-0.4, -0.2) is 37.0 Å². The Labute approximate surface area is 203 Å². The number of benzene rings is 3. The van der Waals surface area contributed by atoms with Crippen LogP contribution in [0, 0.1) is 0 Å². The summed E-state index contributed by atoms with van der Waals surface area (Å²) in [4.78, 5) is 27.2. The molecule has 3 amide bonds. The molecular formula is C26H26ClN3O4. The highest BCUT2D eigenvalue weighted by molar-refractivity contribution is 6.31. The first-order valence-corrected chi connectivity index (χ1v) is 11.4. The van der Waals surface area contributed by atoms with Crippen LogP contribution in [0.3, 0.4) is 0 Å². The summed E-state index contributed by atoms with van der Waals surface area (Å²) in [6.45, 7) is 1.75. The number of carbonyl (C=O) groups excluding carboxylic acids is 2. The van der Waals surface area contributed by atoms with E-state index in [-0.39, 0.29) is 18.5 Å². The first kappa shape index (κ1) is 23.4. The highest BCUT2D eigenvalue weighted by Gasteiger charge is 2.19. The molecule has 4 rings (SSSR count). The molecule has 0 aromatic heterocycles. The molecule has 1 saturated heterocycles. The summed E-state index contributed by atoms with van der Waals surface area (Å²) in [6.07, 6.45) is 2.01. The van der Waals surface area contributed by atoms with Crippen molar-refractivity contribution in [1.82, 2.24) is 4.90 Å². The lowest BCUT2D eigenvalue weighted by Gasteiger charge is -2.18. The number of likely N-dealkylation sites (tertiary alicyclic amines) is 1. The third kappa shape index (κ3) is 5.61. The molecule has 8 heteroatoms. The Kier molecular flexibility index (Phi) is 7.54. The summed E-state index contributed by atoms with van der Waals surface area (Å²) in [5, 5.41) is 6.39. The summed E-state index contributed by atoms with van der Waals surface area (Å²) in [5.74, 6) is 0.589. The molecule has 34 heavy (non-hydrogen) atoms. The van der Waals surface area contributed by atoms with Crippen LogP contribution in [0.4, 0.5) is 16.2 Å². The minimum absolute atomic E-state index is 0.166. The van der Waals surface area contributed by atoms with Crippen molar-refractivity contribution in [2.45, 2.75) is 19.4 Å². The summed E-state index contributed by atoms with van der Waals surface area (Å²) in [5.41, 5.74) is 2.29. The molecule has 7 nitrogen and oxygen atoms in total. The fraction of sp³-hybridized carbons (Fsp3) is 0.231. The van der Waals surface area contributed by atoms with Gasteiger partial charge >= 0.3 is 6.03 Å². The number of urea groups is 1. The Morgan fingerprint density at radius 3 is 2.29 bits per heavy atom. The number of rotatable bonds is 7. The van der Waals surface area contributed by atoms with Gasteiger partial charge in [0, 0.05) is 29.2 Å². The fourth-order valence-electron chi connectivity index (χ4n) is 3.71. The van der Waals surface area contributed by atoms with Crippen molar-refractivity contribution in [3.63, 3.8) is 0 Å². The van der Waals surface area contributed by atoms with Gasteiger partial charge in [-0.25, -0.2) is 4.79 Å². The number of anilines is 2. The predicted octanol–water partition coefficient (Wildman–Crippen LogP) is 5.81. The van der Waals surface area contributed by atoms with Crippen molar-refractivity contribution in [2.24, 2.45) is 0 Å². The quantitative estimate of drug-likeness (QED) is 0.448. The molecule has 1 aliphatic rings. The van der Waals surface area contributed by atoms with Crippen molar-refractivity contribution < 1.29 is 19.1 Å².